The number of ether oxygens (including phenoxy) is 1. The second-order valence-corrected chi connectivity index (χ2v) is 3.72. The molecule has 0 saturated heterocycles. The summed E-state index contributed by atoms with van der Waals surface area (Å²) in [6, 6.07) is 6.33. The molecule has 0 aromatic heterocycles. The zero-order chi connectivity index (χ0) is 14.4. The van der Waals surface area contributed by atoms with Gasteiger partial charge in [-0.05, 0) is 12.1 Å². The first-order valence-electron chi connectivity index (χ1n) is 5.38. The van der Waals surface area contributed by atoms with Crippen LogP contribution < -0.4 is 10.5 Å². The topological polar surface area (TPSA) is 110 Å². The van der Waals surface area contributed by atoms with E-state index in [4.69, 9.17) is 15.6 Å². The third-order valence-corrected chi connectivity index (χ3v) is 2.30. The Morgan fingerprint density at radius 3 is 2.42 bits per heavy atom. The van der Waals surface area contributed by atoms with Crippen molar-refractivity contribution in [2.24, 2.45) is 5.73 Å². The number of nitrogens with two attached hydrogens (primary N) is 1. The van der Waals surface area contributed by atoms with E-state index in [1.807, 2.05) is 0 Å². The van der Waals surface area contributed by atoms with Gasteiger partial charge in [-0.1, -0.05) is 12.1 Å². The molecule has 0 atom stereocenters. The Kier molecular flexibility index (Phi) is 4.87. The molecule has 3 N–H and O–H groups in total. The van der Waals surface area contributed by atoms with Crippen LogP contribution in [0.25, 0.3) is 0 Å². The lowest BCUT2D eigenvalue weighted by Gasteiger charge is -2.20. The van der Waals surface area contributed by atoms with E-state index in [2.05, 4.69) is 0 Å². The van der Waals surface area contributed by atoms with Gasteiger partial charge in [-0.15, -0.1) is 0 Å². The Hall–Kier alpha value is -2.57. The first-order chi connectivity index (χ1) is 8.95. The van der Waals surface area contributed by atoms with Crippen LogP contribution in [0.3, 0.4) is 0 Å². The van der Waals surface area contributed by atoms with Crippen LogP contribution in [0, 0.1) is 0 Å². The van der Waals surface area contributed by atoms with Crippen LogP contribution in [0.2, 0.25) is 0 Å². The van der Waals surface area contributed by atoms with Crippen LogP contribution in [0.1, 0.15) is 10.4 Å². The number of benzene rings is 1. The number of carbonyl (C=O) groups is 3. The number of rotatable bonds is 6. The molecule has 19 heavy (non-hydrogen) atoms. The smallest absolute Gasteiger partial charge is 0.323 e. The summed E-state index contributed by atoms with van der Waals surface area (Å²) in [4.78, 5) is 34.6. The maximum Gasteiger partial charge on any atom is 0.323 e. The molecular weight excluding hydrogens is 252 g/mol. The van der Waals surface area contributed by atoms with Crippen LogP contribution in [0.4, 0.5) is 0 Å². The fraction of sp³-hybridized carbons (Fsp3) is 0.250. The fourth-order valence-electron chi connectivity index (χ4n) is 1.54. The highest BCUT2D eigenvalue weighted by molar-refractivity contribution is 6.00. The first kappa shape index (κ1) is 14.5. The summed E-state index contributed by atoms with van der Waals surface area (Å²) < 4.78 is 5.02. The number of carboxylic acid groups (broad SMARTS) is 1. The third kappa shape index (κ3) is 3.98. The summed E-state index contributed by atoms with van der Waals surface area (Å²) in [6.07, 6.45) is 0. The summed E-state index contributed by atoms with van der Waals surface area (Å²) in [7, 11) is 1.39. The van der Waals surface area contributed by atoms with Gasteiger partial charge in [0.05, 0.1) is 12.7 Å². The van der Waals surface area contributed by atoms with Crippen LogP contribution >= 0.6 is 0 Å². The van der Waals surface area contributed by atoms with E-state index in [9.17, 15) is 14.4 Å². The molecule has 0 heterocycles. The van der Waals surface area contributed by atoms with E-state index in [0.29, 0.717) is 5.75 Å². The second-order valence-electron chi connectivity index (χ2n) is 3.72. The Balaban J connectivity index is 3.04. The highest BCUT2D eigenvalue weighted by Gasteiger charge is 2.22. The van der Waals surface area contributed by atoms with Crippen LogP contribution in [0.5, 0.6) is 5.75 Å². The molecule has 1 rings (SSSR count). The molecule has 7 heteroatoms. The molecule has 1 aromatic rings. The van der Waals surface area contributed by atoms with Gasteiger partial charge in [0.2, 0.25) is 5.91 Å². The predicted octanol–water partition coefficient (Wildman–Crippen LogP) is -0.293. The molecule has 0 aliphatic carbocycles. The van der Waals surface area contributed by atoms with Crippen LogP contribution in [-0.4, -0.2) is 48.0 Å². The van der Waals surface area contributed by atoms with Crippen molar-refractivity contribution in [3.63, 3.8) is 0 Å². The number of hydrogen-bond donors (Lipinski definition) is 2. The normalized spacial score (nSPS) is 9.74. The molecule has 0 spiro atoms. The maximum absolute atomic E-state index is 12.2. The number of aliphatic carboxylic acids is 1. The zero-order valence-electron chi connectivity index (χ0n) is 10.3. The molecule has 2 amide bonds. The van der Waals surface area contributed by atoms with Gasteiger partial charge in [0, 0.05) is 0 Å². The summed E-state index contributed by atoms with van der Waals surface area (Å²) in [5.74, 6) is -2.35. The number of carboxylic acids is 1. The third-order valence-electron chi connectivity index (χ3n) is 2.30. The minimum absolute atomic E-state index is 0.174. The van der Waals surface area contributed by atoms with Crippen molar-refractivity contribution in [2.45, 2.75) is 0 Å². The van der Waals surface area contributed by atoms with Crippen molar-refractivity contribution in [2.75, 3.05) is 20.2 Å². The molecular formula is C12H14N2O5. The SMILES string of the molecule is COc1ccccc1C(=O)N(CC(N)=O)CC(=O)O. The number of nitrogens with zero attached hydrogens (tertiary/aromatic N) is 1. The van der Waals surface area contributed by atoms with Crippen molar-refractivity contribution in [3.8, 4) is 5.75 Å². The summed E-state index contributed by atoms with van der Waals surface area (Å²) in [5.41, 5.74) is 5.17. The second kappa shape index (κ2) is 6.39. The Morgan fingerprint density at radius 2 is 1.89 bits per heavy atom. The van der Waals surface area contributed by atoms with E-state index in [1.54, 1.807) is 18.2 Å². The number of methoxy groups -OCH3 is 1. The van der Waals surface area contributed by atoms with Gasteiger partial charge in [-0.25, -0.2) is 0 Å². The number of amides is 2. The van der Waals surface area contributed by atoms with Gasteiger partial charge in [0.25, 0.3) is 5.91 Å². The van der Waals surface area contributed by atoms with Crippen molar-refractivity contribution in [1.82, 2.24) is 4.90 Å². The average molecular weight is 266 g/mol. The molecule has 0 saturated carbocycles. The average Bonchev–Trinajstić information content (AvgIpc) is 2.36. The van der Waals surface area contributed by atoms with E-state index in [-0.39, 0.29) is 5.56 Å². The summed E-state index contributed by atoms with van der Waals surface area (Å²) in [6.45, 7) is -1.08. The van der Waals surface area contributed by atoms with Crippen molar-refractivity contribution in [1.29, 1.82) is 0 Å². The van der Waals surface area contributed by atoms with Gasteiger partial charge in [-0.3, -0.25) is 14.4 Å². The lowest BCUT2D eigenvalue weighted by atomic mass is 10.1. The Morgan fingerprint density at radius 1 is 1.26 bits per heavy atom. The molecule has 0 aliphatic rings. The van der Waals surface area contributed by atoms with Gasteiger partial charge in [-0.2, -0.15) is 0 Å². The standard InChI is InChI=1S/C12H14N2O5/c1-19-9-5-3-2-4-8(9)12(18)14(6-10(13)15)7-11(16)17/h2-5H,6-7H2,1H3,(H2,13,15)(H,16,17). The maximum atomic E-state index is 12.2. The minimum atomic E-state index is -1.23. The highest BCUT2D eigenvalue weighted by atomic mass is 16.5. The van der Waals surface area contributed by atoms with Gasteiger partial charge < -0.3 is 20.5 Å². The molecule has 0 fully saturated rings. The first-order valence-corrected chi connectivity index (χ1v) is 5.38. The predicted molar refractivity (Wildman–Crippen MR) is 65.7 cm³/mol. The number of hydrogen-bond acceptors (Lipinski definition) is 4. The molecule has 0 bridgehead atoms. The summed E-state index contributed by atoms with van der Waals surface area (Å²) in [5, 5.41) is 8.74. The van der Waals surface area contributed by atoms with Gasteiger partial charge in [0.15, 0.2) is 0 Å². The van der Waals surface area contributed by atoms with Crippen LogP contribution in [0.15, 0.2) is 24.3 Å². The van der Waals surface area contributed by atoms with E-state index >= 15 is 0 Å². The number of para-hydroxylation sites is 1. The van der Waals surface area contributed by atoms with Gasteiger partial charge in [0.1, 0.15) is 18.8 Å². The lowest BCUT2D eigenvalue weighted by Crippen LogP contribution is -2.41. The quantitative estimate of drug-likeness (QED) is 0.735. The van der Waals surface area contributed by atoms with Gasteiger partial charge >= 0.3 is 5.97 Å². The molecule has 7 nitrogen and oxygen atoms in total. The lowest BCUT2D eigenvalue weighted by molar-refractivity contribution is -0.138. The molecule has 0 radical (unpaired) electrons. The number of primary amides is 1. The molecule has 102 valence electrons. The van der Waals surface area contributed by atoms with E-state index in [1.165, 1.54) is 13.2 Å². The Bertz CT molecular complexity index is 485. The number of carbonyl (C=O) groups excluding carboxylic acids is 2. The monoisotopic (exact) mass is 266 g/mol. The van der Waals surface area contributed by atoms with Crippen molar-refractivity contribution in [3.05, 3.63) is 29.8 Å². The fourth-order valence-corrected chi connectivity index (χ4v) is 1.54. The minimum Gasteiger partial charge on any atom is -0.496 e. The van der Waals surface area contributed by atoms with E-state index in [0.717, 1.165) is 4.90 Å². The highest BCUT2D eigenvalue weighted by Crippen LogP contribution is 2.19. The molecule has 0 unspecified atom stereocenters. The van der Waals surface area contributed by atoms with Crippen molar-refractivity contribution >= 4 is 17.8 Å². The molecule has 0 aliphatic heterocycles. The molecule has 1 aromatic carbocycles. The summed E-state index contributed by atoms with van der Waals surface area (Å²) >= 11 is 0. The van der Waals surface area contributed by atoms with Crippen molar-refractivity contribution < 1.29 is 24.2 Å². The Labute approximate surface area is 109 Å². The van der Waals surface area contributed by atoms with E-state index < -0.39 is 30.9 Å². The zero-order valence-corrected chi connectivity index (χ0v) is 10.3. The van der Waals surface area contributed by atoms with Crippen LogP contribution in [-0.2, 0) is 9.59 Å². The largest absolute Gasteiger partial charge is 0.496 e.